The van der Waals surface area contributed by atoms with Crippen molar-refractivity contribution in [3.63, 3.8) is 0 Å². The third kappa shape index (κ3) is 6.65. The largest absolute Gasteiger partial charge is 0.434 e. The summed E-state index contributed by atoms with van der Waals surface area (Å²) < 4.78 is 5.66. The lowest BCUT2D eigenvalue weighted by atomic mass is 9.90. The first-order valence-electron chi connectivity index (χ1n) is 14.2. The third-order valence-corrected chi connectivity index (χ3v) is 7.99. The smallest absolute Gasteiger partial charge is 0.266 e. The Kier molecular flexibility index (Phi) is 9.09. The van der Waals surface area contributed by atoms with Gasteiger partial charge >= 0.3 is 0 Å². The van der Waals surface area contributed by atoms with Crippen molar-refractivity contribution in [2.75, 3.05) is 0 Å². The molecule has 2 N–H and O–H groups in total. The number of ketones is 1. The number of halogens is 1. The Balaban J connectivity index is 1.33. The molecule has 0 unspecified atom stereocenters. The Morgan fingerprint density at radius 1 is 0.951 bits per heavy atom. The molecule has 1 aliphatic rings. The van der Waals surface area contributed by atoms with E-state index in [2.05, 4.69) is 20.6 Å². The fraction of sp³-hybridized carbons (Fsp3) is 0.344. The van der Waals surface area contributed by atoms with Crippen LogP contribution in [0.1, 0.15) is 72.9 Å². The molecule has 212 valence electrons. The molecule has 9 heteroatoms. The number of nitrogens with one attached hydrogen (secondary N) is 2. The zero-order valence-corrected chi connectivity index (χ0v) is 23.7. The molecule has 4 aromatic rings. The average Bonchev–Trinajstić information content (AvgIpc) is 3.25. The van der Waals surface area contributed by atoms with E-state index in [1.807, 2.05) is 31.2 Å². The van der Waals surface area contributed by atoms with Gasteiger partial charge in [0.15, 0.2) is 5.58 Å². The molecule has 0 bridgehead atoms. The van der Waals surface area contributed by atoms with Crippen molar-refractivity contribution in [1.29, 1.82) is 0 Å². The van der Waals surface area contributed by atoms with Gasteiger partial charge in [-0.1, -0.05) is 74.5 Å². The van der Waals surface area contributed by atoms with E-state index in [1.165, 1.54) is 6.20 Å². The van der Waals surface area contributed by atoms with E-state index in [1.54, 1.807) is 36.4 Å². The number of carbonyl (C=O) groups excluding carboxylic acids is 3. The highest BCUT2D eigenvalue weighted by atomic mass is 35.5. The number of fused-ring (bicyclic) bond motifs is 1. The Bertz CT molecular complexity index is 1490. The number of nitrogens with zero attached hydrogens (tertiary/aromatic N) is 2. The number of para-hydroxylation sites is 2. The zero-order chi connectivity index (χ0) is 28.8. The summed E-state index contributed by atoms with van der Waals surface area (Å²) in [5.74, 6) is -1.28. The summed E-state index contributed by atoms with van der Waals surface area (Å²) in [5.41, 5.74) is 2.84. The summed E-state index contributed by atoms with van der Waals surface area (Å²) in [6, 6.07) is 16.3. The van der Waals surface area contributed by atoms with Crippen LogP contribution in [-0.4, -0.2) is 39.6 Å². The molecule has 2 aromatic carbocycles. The Hall–Kier alpha value is -4.04. The summed E-state index contributed by atoms with van der Waals surface area (Å²) in [5, 5.41) is 6.42. The quantitative estimate of drug-likeness (QED) is 0.177. The van der Waals surface area contributed by atoms with Crippen LogP contribution in [0, 0.1) is 5.92 Å². The van der Waals surface area contributed by atoms with Crippen LogP contribution in [0.2, 0.25) is 5.02 Å². The van der Waals surface area contributed by atoms with Crippen LogP contribution in [0.3, 0.4) is 0 Å². The van der Waals surface area contributed by atoms with Crippen LogP contribution >= 0.6 is 11.6 Å². The van der Waals surface area contributed by atoms with Crippen LogP contribution in [0.25, 0.3) is 22.4 Å². The van der Waals surface area contributed by atoms with Crippen LogP contribution in [-0.2, 0) is 4.79 Å². The van der Waals surface area contributed by atoms with Crippen LogP contribution in [0.5, 0.6) is 0 Å². The maximum absolute atomic E-state index is 13.7. The molecule has 2 amide bonds. The van der Waals surface area contributed by atoms with Gasteiger partial charge in [-0.25, -0.2) is 4.98 Å². The molecule has 0 radical (unpaired) electrons. The molecule has 1 fully saturated rings. The first kappa shape index (κ1) is 28.5. The van der Waals surface area contributed by atoms with Crippen LogP contribution in [0.15, 0.2) is 71.3 Å². The van der Waals surface area contributed by atoms with Gasteiger partial charge in [-0.05, 0) is 55.5 Å². The van der Waals surface area contributed by atoms with E-state index < -0.39 is 23.8 Å². The molecule has 1 saturated carbocycles. The molecule has 5 rings (SSSR count). The molecule has 2 atom stereocenters. The van der Waals surface area contributed by atoms with Crippen molar-refractivity contribution in [2.24, 2.45) is 5.92 Å². The first-order valence-corrected chi connectivity index (χ1v) is 14.5. The predicted octanol–water partition coefficient (Wildman–Crippen LogP) is 6.39. The van der Waals surface area contributed by atoms with Gasteiger partial charge in [0.25, 0.3) is 11.8 Å². The summed E-state index contributed by atoms with van der Waals surface area (Å²) in [7, 11) is 0. The average molecular weight is 573 g/mol. The van der Waals surface area contributed by atoms with Crippen molar-refractivity contribution in [3.05, 3.63) is 83.3 Å². The highest BCUT2D eigenvalue weighted by Crippen LogP contribution is 2.28. The second kappa shape index (κ2) is 13.1. The number of rotatable bonds is 9. The maximum atomic E-state index is 13.7. The first-order chi connectivity index (χ1) is 19.9. The van der Waals surface area contributed by atoms with Gasteiger partial charge in [0, 0.05) is 16.8 Å². The molecule has 1 aliphatic carbocycles. The Morgan fingerprint density at radius 2 is 1.68 bits per heavy atom. The minimum absolute atomic E-state index is 0.0434. The highest BCUT2D eigenvalue weighted by molar-refractivity contribution is 6.33. The van der Waals surface area contributed by atoms with Crippen molar-refractivity contribution < 1.29 is 18.8 Å². The predicted molar refractivity (Wildman–Crippen MR) is 158 cm³/mol. The molecule has 8 nitrogen and oxygen atoms in total. The van der Waals surface area contributed by atoms with Crippen molar-refractivity contribution in [1.82, 2.24) is 20.6 Å². The van der Waals surface area contributed by atoms with Crippen LogP contribution in [0.4, 0.5) is 0 Å². The van der Waals surface area contributed by atoms with Gasteiger partial charge in [0.2, 0.25) is 11.7 Å². The van der Waals surface area contributed by atoms with Crippen molar-refractivity contribution in [2.45, 2.75) is 64.0 Å². The number of carbonyl (C=O) groups is 3. The standard InChI is InChI=1S/C32H33ClN4O4/c1-2-24(29(38)32-36-26-15-9-10-16-27(26)41-32)35-31(40)28(20-11-5-3-4-6-12-20)37-30(39)21-17-18-25(34-19-21)22-13-7-8-14-23(22)33/h7-10,13-20,24,28H,2-6,11-12H2,1H3,(H,35,40)(H,37,39)/t24-,28-/m0/s1. The SMILES string of the molecule is CC[C@H](NC(=O)[C@@H](NC(=O)c1ccc(-c2ccccc2Cl)nc1)C1CCCCCC1)C(=O)c1nc2ccccc2o1. The zero-order valence-electron chi connectivity index (χ0n) is 22.9. The minimum Gasteiger partial charge on any atom is -0.434 e. The summed E-state index contributed by atoms with van der Waals surface area (Å²) in [4.78, 5) is 49.1. The number of oxazole rings is 1. The lowest BCUT2D eigenvalue weighted by Gasteiger charge is -2.28. The van der Waals surface area contributed by atoms with Gasteiger partial charge < -0.3 is 15.1 Å². The molecule has 41 heavy (non-hydrogen) atoms. The second-order valence-electron chi connectivity index (χ2n) is 10.4. The van der Waals surface area contributed by atoms with Gasteiger partial charge in [-0.15, -0.1) is 0 Å². The molecule has 0 saturated heterocycles. The van der Waals surface area contributed by atoms with E-state index >= 15 is 0 Å². The highest BCUT2D eigenvalue weighted by Gasteiger charge is 2.34. The molecular formula is C32H33ClN4O4. The molecule has 0 aliphatic heterocycles. The number of hydrogen-bond acceptors (Lipinski definition) is 6. The lowest BCUT2D eigenvalue weighted by Crippen LogP contribution is -2.54. The number of hydrogen-bond donors (Lipinski definition) is 2. The topological polar surface area (TPSA) is 114 Å². The van der Waals surface area contributed by atoms with Gasteiger partial charge in [-0.3, -0.25) is 19.4 Å². The lowest BCUT2D eigenvalue weighted by molar-refractivity contribution is -0.124. The van der Waals surface area contributed by atoms with Gasteiger partial charge in [0.05, 0.1) is 17.3 Å². The van der Waals surface area contributed by atoms with E-state index in [0.717, 1.165) is 44.1 Å². The van der Waals surface area contributed by atoms with E-state index in [4.69, 9.17) is 16.0 Å². The van der Waals surface area contributed by atoms with E-state index in [-0.39, 0.29) is 17.7 Å². The number of aromatic nitrogens is 2. The molecular weight excluding hydrogens is 540 g/mol. The second-order valence-corrected chi connectivity index (χ2v) is 10.8. The number of Topliss-reactive ketones (excluding diaryl/α,β-unsaturated/α-hetero) is 1. The normalized spacial score (nSPS) is 15.6. The Labute approximate surface area is 243 Å². The van der Waals surface area contributed by atoms with Crippen LogP contribution < -0.4 is 10.6 Å². The third-order valence-electron chi connectivity index (χ3n) is 7.66. The number of pyridine rings is 1. The fourth-order valence-electron chi connectivity index (χ4n) is 5.36. The number of benzene rings is 2. The molecule has 0 spiro atoms. The molecule has 2 heterocycles. The van der Waals surface area contributed by atoms with Gasteiger partial charge in [0.1, 0.15) is 11.6 Å². The Morgan fingerprint density at radius 3 is 2.37 bits per heavy atom. The van der Waals surface area contributed by atoms with Crippen molar-refractivity contribution in [3.8, 4) is 11.3 Å². The van der Waals surface area contributed by atoms with Crippen molar-refractivity contribution >= 4 is 40.3 Å². The van der Waals surface area contributed by atoms with Gasteiger partial charge in [-0.2, -0.15) is 0 Å². The summed E-state index contributed by atoms with van der Waals surface area (Å²) in [6.07, 6.45) is 7.63. The summed E-state index contributed by atoms with van der Waals surface area (Å²) in [6.45, 7) is 1.82. The maximum Gasteiger partial charge on any atom is 0.266 e. The van der Waals surface area contributed by atoms with E-state index in [9.17, 15) is 14.4 Å². The minimum atomic E-state index is -0.836. The van der Waals surface area contributed by atoms with E-state index in [0.29, 0.717) is 33.8 Å². The monoisotopic (exact) mass is 572 g/mol. The fourth-order valence-corrected chi connectivity index (χ4v) is 5.60. The molecule has 2 aromatic heterocycles. The summed E-state index contributed by atoms with van der Waals surface area (Å²) >= 11 is 6.30. The number of amides is 2.